The maximum atomic E-state index is 14.0. The number of carbonyl (C=O) groups excluding carboxylic acids is 2. The van der Waals surface area contributed by atoms with Crippen molar-refractivity contribution in [1.82, 2.24) is 10.2 Å². The number of hydrogen-bond acceptors (Lipinski definition) is 6. The van der Waals surface area contributed by atoms with E-state index in [0.717, 1.165) is 4.31 Å². The van der Waals surface area contributed by atoms with E-state index in [2.05, 4.69) is 5.32 Å². The van der Waals surface area contributed by atoms with Gasteiger partial charge in [0.1, 0.15) is 25.8 Å². The van der Waals surface area contributed by atoms with Crippen molar-refractivity contribution < 1.29 is 27.5 Å². The number of benzene rings is 3. The summed E-state index contributed by atoms with van der Waals surface area (Å²) in [4.78, 5) is 28.3. The van der Waals surface area contributed by atoms with Gasteiger partial charge in [-0.25, -0.2) is 8.42 Å². The van der Waals surface area contributed by atoms with Gasteiger partial charge in [0.2, 0.25) is 11.8 Å². The van der Waals surface area contributed by atoms with Gasteiger partial charge in [0, 0.05) is 23.7 Å². The third-order valence-electron chi connectivity index (χ3n) is 6.26. The van der Waals surface area contributed by atoms with Crippen molar-refractivity contribution in [2.75, 3.05) is 24.1 Å². The molecule has 1 heterocycles. The van der Waals surface area contributed by atoms with E-state index in [1.54, 1.807) is 67.6 Å². The van der Waals surface area contributed by atoms with Crippen LogP contribution in [0.15, 0.2) is 77.7 Å². The molecule has 0 bridgehead atoms. The highest BCUT2D eigenvalue weighted by Crippen LogP contribution is 2.36. The normalized spacial score (nSPS) is 13.4. The molecule has 0 aliphatic carbocycles. The molecule has 2 amide bonds. The van der Waals surface area contributed by atoms with Gasteiger partial charge in [-0.2, -0.15) is 0 Å². The van der Waals surface area contributed by atoms with Crippen LogP contribution in [0.3, 0.4) is 0 Å². The molecule has 4 rings (SSSR count). The monoisotopic (exact) mass is 585 g/mol. The van der Waals surface area contributed by atoms with Crippen molar-refractivity contribution in [3.8, 4) is 11.5 Å². The van der Waals surface area contributed by atoms with Gasteiger partial charge in [-0.05, 0) is 62.7 Å². The van der Waals surface area contributed by atoms with Gasteiger partial charge in [-0.15, -0.1) is 0 Å². The zero-order valence-electron chi connectivity index (χ0n) is 22.5. The molecule has 1 N–H and O–H groups in total. The van der Waals surface area contributed by atoms with E-state index >= 15 is 0 Å². The second-order valence-electron chi connectivity index (χ2n) is 9.64. The quantitative estimate of drug-likeness (QED) is 0.381. The average Bonchev–Trinajstić information content (AvgIpc) is 2.94. The molecule has 9 nitrogen and oxygen atoms in total. The molecule has 0 unspecified atom stereocenters. The van der Waals surface area contributed by atoms with Gasteiger partial charge < -0.3 is 19.7 Å². The number of ether oxygens (including phenoxy) is 2. The standard InChI is InChI=1S/C29H32ClN3O6S/c1-20(2)31-29(35)21(3)32(18-22-8-7-9-23(30)16-22)28(34)19-33(40(36,37)25-10-5-4-6-11-25)24-12-13-26-27(17-24)39-15-14-38-26/h4-13,16-17,20-21H,14-15,18-19H2,1-3H3,(H,31,35)/t21-/m0/s1. The largest absolute Gasteiger partial charge is 0.486 e. The molecule has 0 saturated heterocycles. The van der Waals surface area contributed by atoms with Gasteiger partial charge in [-0.1, -0.05) is 41.9 Å². The summed E-state index contributed by atoms with van der Waals surface area (Å²) in [6, 6.07) is 18.5. The molecule has 3 aromatic rings. The number of nitrogens with zero attached hydrogens (tertiary/aromatic N) is 2. The molecule has 0 radical (unpaired) electrons. The minimum absolute atomic E-state index is 0.0182. The Bertz CT molecular complexity index is 1470. The Morgan fingerprint density at radius 1 is 0.925 bits per heavy atom. The molecule has 1 aliphatic rings. The summed E-state index contributed by atoms with van der Waals surface area (Å²) in [7, 11) is -4.19. The Morgan fingerprint density at radius 3 is 2.30 bits per heavy atom. The van der Waals surface area contributed by atoms with Crippen LogP contribution in [0.2, 0.25) is 5.02 Å². The Labute approximate surface area is 239 Å². The van der Waals surface area contributed by atoms with E-state index in [-0.39, 0.29) is 29.1 Å². The summed E-state index contributed by atoms with van der Waals surface area (Å²) in [5.41, 5.74) is 0.922. The van der Waals surface area contributed by atoms with E-state index in [0.29, 0.717) is 35.3 Å². The third kappa shape index (κ3) is 6.86. The highest BCUT2D eigenvalue weighted by Gasteiger charge is 2.33. The van der Waals surface area contributed by atoms with Crippen molar-refractivity contribution >= 4 is 39.1 Å². The van der Waals surface area contributed by atoms with Crippen LogP contribution in [-0.4, -0.2) is 57.0 Å². The van der Waals surface area contributed by atoms with Crippen LogP contribution in [0.25, 0.3) is 0 Å². The van der Waals surface area contributed by atoms with E-state index in [1.807, 2.05) is 13.8 Å². The summed E-state index contributed by atoms with van der Waals surface area (Å²) in [5.74, 6) is -0.0622. The average molecular weight is 586 g/mol. The van der Waals surface area contributed by atoms with Crippen LogP contribution in [0, 0.1) is 0 Å². The van der Waals surface area contributed by atoms with Crippen LogP contribution >= 0.6 is 11.6 Å². The molecule has 0 fully saturated rings. The van der Waals surface area contributed by atoms with Gasteiger partial charge >= 0.3 is 0 Å². The fraction of sp³-hybridized carbons (Fsp3) is 0.310. The minimum atomic E-state index is -4.19. The number of anilines is 1. The lowest BCUT2D eigenvalue weighted by atomic mass is 10.1. The van der Waals surface area contributed by atoms with Crippen LogP contribution in [0.5, 0.6) is 11.5 Å². The maximum absolute atomic E-state index is 14.0. The molecule has 212 valence electrons. The molecule has 1 aliphatic heterocycles. The van der Waals surface area contributed by atoms with E-state index < -0.39 is 28.5 Å². The predicted molar refractivity (Wildman–Crippen MR) is 153 cm³/mol. The fourth-order valence-electron chi connectivity index (χ4n) is 4.26. The summed E-state index contributed by atoms with van der Waals surface area (Å²) in [6.07, 6.45) is 0. The van der Waals surface area contributed by atoms with E-state index in [9.17, 15) is 18.0 Å². The summed E-state index contributed by atoms with van der Waals surface area (Å²) in [5, 5.41) is 3.31. The van der Waals surface area contributed by atoms with Crippen LogP contribution in [-0.2, 0) is 26.2 Å². The smallest absolute Gasteiger partial charge is 0.264 e. The van der Waals surface area contributed by atoms with Crippen molar-refractivity contribution in [2.24, 2.45) is 0 Å². The van der Waals surface area contributed by atoms with Crippen LogP contribution in [0.4, 0.5) is 5.69 Å². The van der Waals surface area contributed by atoms with Gasteiger partial charge in [0.15, 0.2) is 11.5 Å². The second-order valence-corrected chi connectivity index (χ2v) is 11.9. The van der Waals surface area contributed by atoms with Gasteiger partial charge in [0.05, 0.1) is 10.6 Å². The number of fused-ring (bicyclic) bond motifs is 1. The first kappa shape index (κ1) is 29.2. The first-order valence-electron chi connectivity index (χ1n) is 12.9. The molecule has 11 heteroatoms. The highest BCUT2D eigenvalue weighted by molar-refractivity contribution is 7.92. The molecular weight excluding hydrogens is 554 g/mol. The number of hydrogen-bond donors (Lipinski definition) is 1. The lowest BCUT2D eigenvalue weighted by molar-refractivity contribution is -0.139. The number of sulfonamides is 1. The number of carbonyl (C=O) groups is 2. The first-order valence-corrected chi connectivity index (χ1v) is 14.7. The van der Waals surface area contributed by atoms with Crippen LogP contribution < -0.4 is 19.1 Å². The second kappa shape index (κ2) is 12.6. The molecular formula is C29H32ClN3O6S. The van der Waals surface area contributed by atoms with Gasteiger partial charge in [0.25, 0.3) is 10.0 Å². The minimum Gasteiger partial charge on any atom is -0.486 e. The third-order valence-corrected chi connectivity index (χ3v) is 8.29. The lowest BCUT2D eigenvalue weighted by Crippen LogP contribution is -2.52. The first-order chi connectivity index (χ1) is 19.1. The number of nitrogens with one attached hydrogen (secondary N) is 1. The molecule has 0 spiro atoms. The van der Waals surface area contributed by atoms with Crippen molar-refractivity contribution in [3.63, 3.8) is 0 Å². The number of amides is 2. The number of rotatable bonds is 10. The van der Waals surface area contributed by atoms with Crippen molar-refractivity contribution in [3.05, 3.63) is 83.4 Å². The summed E-state index contributed by atoms with van der Waals surface area (Å²) >= 11 is 6.18. The predicted octanol–water partition coefficient (Wildman–Crippen LogP) is 4.25. The number of halogens is 1. The Hall–Kier alpha value is -3.76. The molecule has 0 saturated carbocycles. The lowest BCUT2D eigenvalue weighted by Gasteiger charge is -2.32. The molecule has 0 aromatic heterocycles. The zero-order chi connectivity index (χ0) is 28.9. The summed E-state index contributed by atoms with van der Waals surface area (Å²) in [6.45, 7) is 5.44. The maximum Gasteiger partial charge on any atom is 0.264 e. The zero-order valence-corrected chi connectivity index (χ0v) is 24.1. The topological polar surface area (TPSA) is 105 Å². The van der Waals surface area contributed by atoms with Gasteiger partial charge in [-0.3, -0.25) is 13.9 Å². The Morgan fingerprint density at radius 2 is 1.62 bits per heavy atom. The summed E-state index contributed by atoms with van der Waals surface area (Å²) < 4.78 is 40.1. The highest BCUT2D eigenvalue weighted by atomic mass is 35.5. The SMILES string of the molecule is CC(C)NC(=O)[C@H](C)N(Cc1cccc(Cl)c1)C(=O)CN(c1ccc2c(c1)OCCO2)S(=O)(=O)c1ccccc1. The fourth-order valence-corrected chi connectivity index (χ4v) is 5.90. The van der Waals surface area contributed by atoms with Crippen molar-refractivity contribution in [1.29, 1.82) is 0 Å². The molecule has 40 heavy (non-hydrogen) atoms. The Balaban J connectivity index is 1.73. The Kier molecular flexibility index (Phi) is 9.21. The molecule has 3 aromatic carbocycles. The van der Waals surface area contributed by atoms with Crippen molar-refractivity contribution in [2.45, 2.75) is 44.3 Å². The molecule has 1 atom stereocenters. The van der Waals surface area contributed by atoms with Crippen LogP contribution in [0.1, 0.15) is 26.3 Å². The van der Waals surface area contributed by atoms with E-state index in [4.69, 9.17) is 21.1 Å². The van der Waals surface area contributed by atoms with E-state index in [1.165, 1.54) is 17.0 Å².